The van der Waals surface area contributed by atoms with Gasteiger partial charge in [-0.05, 0) is 54.2 Å². The molecule has 0 aliphatic carbocycles. The third-order valence-electron chi connectivity index (χ3n) is 7.24. The van der Waals surface area contributed by atoms with Crippen LogP contribution in [0.4, 0.5) is 5.69 Å². The summed E-state index contributed by atoms with van der Waals surface area (Å²) >= 11 is 1.45. The molecular formula is C31H36N4O4S. The van der Waals surface area contributed by atoms with Gasteiger partial charge in [0, 0.05) is 23.5 Å². The van der Waals surface area contributed by atoms with Crippen molar-refractivity contribution in [2.45, 2.75) is 51.4 Å². The summed E-state index contributed by atoms with van der Waals surface area (Å²) < 4.78 is 0. The summed E-state index contributed by atoms with van der Waals surface area (Å²) in [4.78, 5) is 41.5. The molecule has 40 heavy (non-hydrogen) atoms. The summed E-state index contributed by atoms with van der Waals surface area (Å²) in [6, 6.07) is 20.6. The van der Waals surface area contributed by atoms with Crippen molar-refractivity contribution in [1.82, 2.24) is 15.5 Å². The molecule has 210 valence electrons. The molecule has 5 N–H and O–H groups in total. The summed E-state index contributed by atoms with van der Waals surface area (Å²) in [6.45, 7) is 4.25. The average Bonchev–Trinajstić information content (AvgIpc) is 3.46. The van der Waals surface area contributed by atoms with Crippen molar-refractivity contribution in [2.24, 2.45) is 0 Å². The molecule has 1 heterocycles. The highest BCUT2D eigenvalue weighted by atomic mass is 32.2. The van der Waals surface area contributed by atoms with Crippen LogP contribution in [0.3, 0.4) is 0 Å². The highest BCUT2D eigenvalue weighted by Gasteiger charge is 2.40. The van der Waals surface area contributed by atoms with E-state index in [1.54, 1.807) is 18.2 Å². The number of aliphatic hydroxyl groups is 1. The topological polar surface area (TPSA) is 125 Å². The quantitative estimate of drug-likeness (QED) is 0.283. The molecule has 0 saturated carbocycles. The largest absolute Gasteiger partial charge is 0.398 e. The van der Waals surface area contributed by atoms with Crippen LogP contribution in [-0.4, -0.2) is 57.5 Å². The van der Waals surface area contributed by atoms with E-state index < -0.39 is 30.0 Å². The molecule has 3 aromatic rings. The lowest BCUT2D eigenvalue weighted by molar-refractivity contribution is -0.146. The SMILES string of the molecule is CCc1c(N)cccc1C(=O)N[C@@H](Cc1ccccc1)[C@H](O)C(=O)N1CSCC1C(=O)NCc1ccccc1C. The number of aryl methyl sites for hydroxylation is 1. The molecule has 3 amide bonds. The Morgan fingerprint density at radius 1 is 1.05 bits per heavy atom. The highest BCUT2D eigenvalue weighted by molar-refractivity contribution is 7.99. The summed E-state index contributed by atoms with van der Waals surface area (Å²) in [6.07, 6.45) is -0.764. The van der Waals surface area contributed by atoms with Crippen LogP contribution in [0.15, 0.2) is 72.8 Å². The van der Waals surface area contributed by atoms with Crippen molar-refractivity contribution in [3.05, 3.63) is 101 Å². The van der Waals surface area contributed by atoms with Gasteiger partial charge in [0.05, 0.1) is 11.9 Å². The molecule has 3 aromatic carbocycles. The predicted octanol–water partition coefficient (Wildman–Crippen LogP) is 3.06. The normalized spacial score (nSPS) is 16.3. The second kappa shape index (κ2) is 13.5. The lowest BCUT2D eigenvalue weighted by Crippen LogP contribution is -2.56. The maximum atomic E-state index is 13.6. The van der Waals surface area contributed by atoms with Crippen LogP contribution in [0, 0.1) is 6.92 Å². The number of nitrogens with two attached hydrogens (primary N) is 1. The van der Waals surface area contributed by atoms with Crippen molar-refractivity contribution in [2.75, 3.05) is 17.4 Å². The van der Waals surface area contributed by atoms with Gasteiger partial charge < -0.3 is 26.4 Å². The minimum Gasteiger partial charge on any atom is -0.398 e. The van der Waals surface area contributed by atoms with Crippen molar-refractivity contribution in [1.29, 1.82) is 0 Å². The number of benzene rings is 3. The van der Waals surface area contributed by atoms with E-state index in [-0.39, 0.29) is 18.2 Å². The third kappa shape index (κ3) is 6.84. The number of nitrogens with zero attached hydrogens (tertiary/aromatic N) is 1. The number of rotatable bonds is 10. The van der Waals surface area contributed by atoms with Crippen molar-refractivity contribution in [3.8, 4) is 0 Å². The molecule has 8 nitrogen and oxygen atoms in total. The summed E-state index contributed by atoms with van der Waals surface area (Å²) in [5, 5.41) is 17.2. The van der Waals surface area contributed by atoms with Gasteiger partial charge in [0.2, 0.25) is 5.91 Å². The van der Waals surface area contributed by atoms with Gasteiger partial charge in [-0.15, -0.1) is 11.8 Å². The number of thioether (sulfide) groups is 1. The van der Waals surface area contributed by atoms with E-state index in [0.29, 0.717) is 35.5 Å². The van der Waals surface area contributed by atoms with Crippen LogP contribution in [-0.2, 0) is 29.0 Å². The molecule has 1 unspecified atom stereocenters. The van der Waals surface area contributed by atoms with E-state index in [9.17, 15) is 19.5 Å². The molecule has 0 radical (unpaired) electrons. The molecule has 1 aliphatic heterocycles. The Labute approximate surface area is 239 Å². The first kappa shape index (κ1) is 29.2. The van der Waals surface area contributed by atoms with E-state index in [1.165, 1.54) is 16.7 Å². The van der Waals surface area contributed by atoms with Gasteiger partial charge in [-0.3, -0.25) is 14.4 Å². The molecule has 3 atom stereocenters. The van der Waals surface area contributed by atoms with Gasteiger partial charge in [0.1, 0.15) is 6.04 Å². The van der Waals surface area contributed by atoms with Gasteiger partial charge in [-0.1, -0.05) is 67.6 Å². The molecule has 1 aliphatic rings. The first-order valence-electron chi connectivity index (χ1n) is 13.4. The van der Waals surface area contributed by atoms with Crippen LogP contribution in [0.5, 0.6) is 0 Å². The Kier molecular flexibility index (Phi) is 9.84. The summed E-state index contributed by atoms with van der Waals surface area (Å²) in [7, 11) is 0. The van der Waals surface area contributed by atoms with Crippen molar-refractivity contribution < 1.29 is 19.5 Å². The standard InChI is InChI=1S/C31H36N4O4S/c1-3-23-24(14-9-15-25(23)32)29(37)34-26(16-21-11-5-4-6-12-21)28(36)31(39)35-19-40-18-27(35)30(38)33-17-22-13-8-7-10-20(22)2/h4-15,26-28,36H,3,16-19,32H2,1-2H3,(H,33,38)(H,34,37)/t26-,27?,28-/m0/s1. The van der Waals surface area contributed by atoms with E-state index in [1.807, 2.05) is 68.4 Å². The first-order chi connectivity index (χ1) is 19.3. The Bertz CT molecular complexity index is 1350. The van der Waals surface area contributed by atoms with E-state index in [4.69, 9.17) is 5.73 Å². The second-order valence-electron chi connectivity index (χ2n) is 9.91. The monoisotopic (exact) mass is 560 g/mol. The molecule has 0 spiro atoms. The third-order valence-corrected chi connectivity index (χ3v) is 8.25. The zero-order valence-corrected chi connectivity index (χ0v) is 23.6. The van der Waals surface area contributed by atoms with Crippen LogP contribution in [0.25, 0.3) is 0 Å². The Morgan fingerprint density at radius 2 is 1.77 bits per heavy atom. The van der Waals surface area contributed by atoms with Gasteiger partial charge >= 0.3 is 0 Å². The number of nitrogens with one attached hydrogen (secondary N) is 2. The number of carbonyl (C=O) groups excluding carboxylic acids is 3. The van der Waals surface area contributed by atoms with Crippen molar-refractivity contribution in [3.63, 3.8) is 0 Å². The maximum absolute atomic E-state index is 13.6. The van der Waals surface area contributed by atoms with E-state index in [2.05, 4.69) is 10.6 Å². The lowest BCUT2D eigenvalue weighted by atomic mass is 9.98. The molecule has 4 rings (SSSR count). The first-order valence-corrected chi connectivity index (χ1v) is 14.6. The lowest BCUT2D eigenvalue weighted by Gasteiger charge is -2.30. The van der Waals surface area contributed by atoms with Crippen LogP contribution < -0.4 is 16.4 Å². The smallest absolute Gasteiger partial charge is 0.254 e. The number of hydrogen-bond acceptors (Lipinski definition) is 6. The summed E-state index contributed by atoms with van der Waals surface area (Å²) in [5.74, 6) is -0.577. The fraction of sp³-hybridized carbons (Fsp3) is 0.323. The Hall–Kier alpha value is -3.82. The molecule has 0 bridgehead atoms. The van der Waals surface area contributed by atoms with Gasteiger partial charge in [-0.25, -0.2) is 0 Å². The maximum Gasteiger partial charge on any atom is 0.254 e. The minimum atomic E-state index is -1.55. The average molecular weight is 561 g/mol. The summed E-state index contributed by atoms with van der Waals surface area (Å²) in [5.41, 5.74) is 10.6. The molecular weight excluding hydrogens is 524 g/mol. The Morgan fingerprint density at radius 3 is 2.50 bits per heavy atom. The predicted molar refractivity (Wildman–Crippen MR) is 159 cm³/mol. The fourth-order valence-electron chi connectivity index (χ4n) is 4.90. The molecule has 1 fully saturated rings. The van der Waals surface area contributed by atoms with Gasteiger partial charge in [-0.2, -0.15) is 0 Å². The number of aliphatic hydroxyl groups excluding tert-OH is 1. The molecule has 9 heteroatoms. The van der Waals surface area contributed by atoms with Crippen LogP contribution in [0.1, 0.15) is 39.5 Å². The zero-order chi connectivity index (χ0) is 28.6. The Balaban J connectivity index is 1.51. The van der Waals surface area contributed by atoms with E-state index in [0.717, 1.165) is 16.7 Å². The minimum absolute atomic E-state index is 0.231. The zero-order valence-electron chi connectivity index (χ0n) is 22.8. The second-order valence-corrected chi connectivity index (χ2v) is 10.9. The number of anilines is 1. The van der Waals surface area contributed by atoms with Crippen molar-refractivity contribution >= 4 is 35.2 Å². The van der Waals surface area contributed by atoms with Crippen LogP contribution in [0.2, 0.25) is 0 Å². The van der Waals surface area contributed by atoms with E-state index >= 15 is 0 Å². The van der Waals surface area contributed by atoms with Crippen LogP contribution >= 0.6 is 11.8 Å². The number of amides is 3. The van der Waals surface area contributed by atoms with Gasteiger partial charge in [0.25, 0.3) is 11.8 Å². The number of hydrogen-bond donors (Lipinski definition) is 4. The molecule has 1 saturated heterocycles. The number of nitrogen functional groups attached to an aromatic ring is 1. The highest BCUT2D eigenvalue weighted by Crippen LogP contribution is 2.24. The van der Waals surface area contributed by atoms with Gasteiger partial charge in [0.15, 0.2) is 6.10 Å². The fourth-order valence-corrected chi connectivity index (χ4v) is 6.06. The number of carbonyl (C=O) groups is 3. The molecule has 0 aromatic heterocycles.